The molecule has 0 fully saturated rings. The maximum absolute atomic E-state index is 11.3. The van der Waals surface area contributed by atoms with Crippen molar-refractivity contribution in [2.24, 2.45) is 5.92 Å². The highest BCUT2D eigenvalue weighted by molar-refractivity contribution is 7.85. The van der Waals surface area contributed by atoms with Crippen molar-refractivity contribution in [2.75, 3.05) is 19.5 Å². The van der Waals surface area contributed by atoms with E-state index in [1.807, 2.05) is 0 Å². The van der Waals surface area contributed by atoms with Crippen LogP contribution in [0, 0.1) is 5.92 Å². The second-order valence-electron chi connectivity index (χ2n) is 5.44. The van der Waals surface area contributed by atoms with Gasteiger partial charge in [-0.1, -0.05) is 41.9 Å². The monoisotopic (exact) mass is 386 g/mol. The SMILES string of the molecule is COc1cc(Cl)ccc1O[C@@H](c1ccccc1)[C@H](CO)CS(=O)(=O)O. The Hall–Kier alpha value is -1.80. The van der Waals surface area contributed by atoms with Crippen LogP contribution in [0.15, 0.2) is 48.5 Å². The molecule has 8 heteroatoms. The summed E-state index contributed by atoms with van der Waals surface area (Å²) in [5, 5.41) is 10.1. The normalized spacial score (nSPS) is 13.9. The fourth-order valence-electron chi connectivity index (χ4n) is 2.46. The molecule has 0 unspecified atom stereocenters. The van der Waals surface area contributed by atoms with Gasteiger partial charge in [0.1, 0.15) is 6.10 Å². The second-order valence-corrected chi connectivity index (χ2v) is 7.37. The van der Waals surface area contributed by atoms with Crippen molar-refractivity contribution in [1.29, 1.82) is 0 Å². The Bertz CT molecular complexity index is 794. The van der Waals surface area contributed by atoms with Crippen LogP contribution in [0.25, 0.3) is 0 Å². The van der Waals surface area contributed by atoms with Gasteiger partial charge in [-0.2, -0.15) is 8.42 Å². The Morgan fingerprint density at radius 2 is 1.80 bits per heavy atom. The topological polar surface area (TPSA) is 93.1 Å². The van der Waals surface area contributed by atoms with Crippen LogP contribution in [0.2, 0.25) is 5.02 Å². The van der Waals surface area contributed by atoms with Gasteiger partial charge in [0.2, 0.25) is 0 Å². The minimum absolute atomic E-state index is 0.342. The molecular formula is C17H19ClO6S. The van der Waals surface area contributed by atoms with Crippen LogP contribution < -0.4 is 9.47 Å². The van der Waals surface area contributed by atoms with Crippen molar-refractivity contribution in [2.45, 2.75) is 6.10 Å². The maximum Gasteiger partial charge on any atom is 0.265 e. The minimum atomic E-state index is -4.30. The number of hydrogen-bond acceptors (Lipinski definition) is 5. The summed E-state index contributed by atoms with van der Waals surface area (Å²) in [6.45, 7) is -0.491. The average molecular weight is 387 g/mol. The Balaban J connectivity index is 2.42. The highest BCUT2D eigenvalue weighted by Crippen LogP contribution is 2.36. The first-order chi connectivity index (χ1) is 11.8. The zero-order valence-corrected chi connectivity index (χ0v) is 15.1. The number of aliphatic hydroxyl groups is 1. The van der Waals surface area contributed by atoms with Gasteiger partial charge in [0, 0.05) is 17.0 Å². The van der Waals surface area contributed by atoms with Gasteiger partial charge < -0.3 is 14.6 Å². The molecule has 0 aromatic heterocycles. The molecule has 2 rings (SSSR count). The fourth-order valence-corrected chi connectivity index (χ4v) is 3.44. The Kier molecular flexibility index (Phi) is 6.66. The summed E-state index contributed by atoms with van der Waals surface area (Å²) < 4.78 is 43.0. The number of benzene rings is 2. The lowest BCUT2D eigenvalue weighted by molar-refractivity contribution is 0.0946. The Morgan fingerprint density at radius 1 is 1.12 bits per heavy atom. The number of aliphatic hydroxyl groups excluding tert-OH is 1. The van der Waals surface area contributed by atoms with Crippen molar-refractivity contribution in [3.05, 3.63) is 59.1 Å². The zero-order valence-electron chi connectivity index (χ0n) is 13.5. The Morgan fingerprint density at radius 3 is 2.36 bits per heavy atom. The van der Waals surface area contributed by atoms with E-state index in [1.54, 1.807) is 48.5 Å². The van der Waals surface area contributed by atoms with Crippen LogP contribution in [0.3, 0.4) is 0 Å². The van der Waals surface area contributed by atoms with E-state index in [0.29, 0.717) is 22.1 Å². The summed E-state index contributed by atoms with van der Waals surface area (Å²) in [7, 11) is -2.84. The molecule has 136 valence electrons. The summed E-state index contributed by atoms with van der Waals surface area (Å²) >= 11 is 5.94. The van der Waals surface area contributed by atoms with Crippen LogP contribution >= 0.6 is 11.6 Å². The van der Waals surface area contributed by atoms with Gasteiger partial charge in [0.25, 0.3) is 10.1 Å². The molecule has 2 aromatic rings. The molecule has 0 radical (unpaired) electrons. The molecule has 0 aliphatic rings. The Labute approximate surface area is 151 Å². The fraction of sp³-hybridized carbons (Fsp3) is 0.294. The third kappa shape index (κ3) is 5.61. The average Bonchev–Trinajstić information content (AvgIpc) is 2.58. The molecule has 0 aliphatic heterocycles. The molecule has 0 saturated heterocycles. The van der Waals surface area contributed by atoms with Crippen molar-refractivity contribution in [1.82, 2.24) is 0 Å². The highest BCUT2D eigenvalue weighted by Gasteiger charge is 2.29. The van der Waals surface area contributed by atoms with Gasteiger partial charge in [-0.25, -0.2) is 0 Å². The van der Waals surface area contributed by atoms with Gasteiger partial charge in [-0.3, -0.25) is 4.55 Å². The van der Waals surface area contributed by atoms with E-state index in [2.05, 4.69) is 0 Å². The first-order valence-electron chi connectivity index (χ1n) is 7.45. The largest absolute Gasteiger partial charge is 0.493 e. The summed E-state index contributed by atoms with van der Waals surface area (Å²) in [5.74, 6) is -0.803. The molecule has 25 heavy (non-hydrogen) atoms. The highest BCUT2D eigenvalue weighted by atomic mass is 35.5. The number of methoxy groups -OCH3 is 1. The maximum atomic E-state index is 11.3. The molecule has 0 heterocycles. The van der Waals surface area contributed by atoms with Crippen LogP contribution in [-0.2, 0) is 10.1 Å². The van der Waals surface area contributed by atoms with E-state index in [-0.39, 0.29) is 0 Å². The number of rotatable bonds is 8. The summed E-state index contributed by atoms with van der Waals surface area (Å²) in [6.07, 6.45) is -0.816. The lowest BCUT2D eigenvalue weighted by Gasteiger charge is -2.27. The minimum Gasteiger partial charge on any atom is -0.493 e. The third-order valence-electron chi connectivity index (χ3n) is 3.60. The van der Waals surface area contributed by atoms with Gasteiger partial charge in [-0.05, 0) is 17.7 Å². The van der Waals surface area contributed by atoms with Gasteiger partial charge in [-0.15, -0.1) is 0 Å². The summed E-state index contributed by atoms with van der Waals surface area (Å²) in [4.78, 5) is 0. The van der Waals surface area contributed by atoms with E-state index >= 15 is 0 Å². The smallest absolute Gasteiger partial charge is 0.265 e. The van der Waals surface area contributed by atoms with E-state index in [4.69, 9.17) is 21.1 Å². The lowest BCUT2D eigenvalue weighted by Crippen LogP contribution is -2.29. The van der Waals surface area contributed by atoms with Crippen molar-refractivity contribution in [3.8, 4) is 11.5 Å². The molecule has 2 aromatic carbocycles. The van der Waals surface area contributed by atoms with Gasteiger partial charge >= 0.3 is 0 Å². The number of hydrogen-bond donors (Lipinski definition) is 2. The predicted octanol–water partition coefficient (Wildman–Crippen LogP) is 2.97. The van der Waals surface area contributed by atoms with Crippen LogP contribution in [-0.4, -0.2) is 37.5 Å². The second kappa shape index (κ2) is 8.53. The van der Waals surface area contributed by atoms with Crippen LogP contribution in [0.4, 0.5) is 0 Å². The van der Waals surface area contributed by atoms with E-state index in [1.165, 1.54) is 7.11 Å². The third-order valence-corrected chi connectivity index (χ3v) is 4.68. The summed E-state index contributed by atoms with van der Waals surface area (Å²) in [5.41, 5.74) is 0.655. The molecule has 0 aliphatic carbocycles. The zero-order chi connectivity index (χ0) is 18.4. The molecule has 6 nitrogen and oxygen atoms in total. The quantitative estimate of drug-likeness (QED) is 0.677. The molecule has 0 bridgehead atoms. The molecule has 0 saturated carbocycles. The lowest BCUT2D eigenvalue weighted by atomic mass is 9.97. The van der Waals surface area contributed by atoms with Gasteiger partial charge in [0.05, 0.1) is 19.5 Å². The van der Waals surface area contributed by atoms with Crippen molar-refractivity contribution >= 4 is 21.7 Å². The van der Waals surface area contributed by atoms with Gasteiger partial charge in [0.15, 0.2) is 11.5 Å². The van der Waals surface area contributed by atoms with Crippen LogP contribution in [0.5, 0.6) is 11.5 Å². The van der Waals surface area contributed by atoms with Crippen molar-refractivity contribution < 1.29 is 27.6 Å². The van der Waals surface area contributed by atoms with E-state index in [9.17, 15) is 18.1 Å². The number of ether oxygens (including phenoxy) is 2. The first-order valence-corrected chi connectivity index (χ1v) is 9.44. The molecule has 2 N–H and O–H groups in total. The predicted molar refractivity (Wildman–Crippen MR) is 94.8 cm³/mol. The molecular weight excluding hydrogens is 368 g/mol. The number of halogens is 1. The molecule has 0 amide bonds. The standard InChI is InChI=1S/C17H19ClO6S/c1-23-16-9-14(18)7-8-15(16)24-17(12-5-3-2-4-6-12)13(10-19)11-25(20,21)22/h2-9,13,17,19H,10-11H2,1H3,(H,20,21,22)/t13-,17+/m1/s1. The summed E-state index contributed by atoms with van der Waals surface area (Å²) in [6, 6.07) is 13.6. The van der Waals surface area contributed by atoms with Crippen molar-refractivity contribution in [3.63, 3.8) is 0 Å². The van der Waals surface area contributed by atoms with Crippen LogP contribution in [0.1, 0.15) is 11.7 Å². The first kappa shape index (κ1) is 19.5. The van der Waals surface area contributed by atoms with E-state index in [0.717, 1.165) is 0 Å². The van der Waals surface area contributed by atoms with E-state index < -0.39 is 34.5 Å². The molecule has 2 atom stereocenters. The molecule has 0 spiro atoms.